The van der Waals surface area contributed by atoms with Crippen molar-refractivity contribution in [2.75, 3.05) is 12.3 Å². The molecule has 2 aliphatic rings. The van der Waals surface area contributed by atoms with Crippen LogP contribution in [0.15, 0.2) is 59.8 Å². The number of carbonyl (C=O) groups is 1. The SMILES string of the molecule is O=C(CSc1nnc(C2CC2)n1Cc1ccccc1)N1CCCC1c1ccc(Cl)cc1. The Kier molecular flexibility index (Phi) is 6.01. The molecular weight excluding hydrogens is 428 g/mol. The highest BCUT2D eigenvalue weighted by Crippen LogP contribution is 2.40. The van der Waals surface area contributed by atoms with Crippen molar-refractivity contribution in [1.29, 1.82) is 0 Å². The van der Waals surface area contributed by atoms with Crippen LogP contribution in [0.5, 0.6) is 0 Å². The Labute approximate surface area is 191 Å². The van der Waals surface area contributed by atoms with Crippen molar-refractivity contribution in [2.45, 2.75) is 49.3 Å². The van der Waals surface area contributed by atoms with Crippen LogP contribution in [0, 0.1) is 0 Å². The molecule has 1 saturated carbocycles. The van der Waals surface area contributed by atoms with Crippen molar-refractivity contribution in [3.8, 4) is 0 Å². The molecule has 1 saturated heterocycles. The first-order valence-electron chi connectivity index (χ1n) is 10.8. The normalized spacial score (nSPS) is 18.5. The van der Waals surface area contributed by atoms with E-state index in [1.54, 1.807) is 0 Å². The smallest absolute Gasteiger partial charge is 0.233 e. The van der Waals surface area contributed by atoms with Crippen LogP contribution in [0.3, 0.4) is 0 Å². The Morgan fingerprint density at radius 2 is 1.81 bits per heavy atom. The van der Waals surface area contributed by atoms with E-state index in [1.165, 1.54) is 30.2 Å². The first-order chi connectivity index (χ1) is 15.2. The van der Waals surface area contributed by atoms with Crippen molar-refractivity contribution < 1.29 is 4.79 Å². The van der Waals surface area contributed by atoms with Gasteiger partial charge in [-0.25, -0.2) is 0 Å². The van der Waals surface area contributed by atoms with Gasteiger partial charge < -0.3 is 9.47 Å². The lowest BCUT2D eigenvalue weighted by molar-refractivity contribution is -0.129. The number of rotatable bonds is 7. The molecule has 0 radical (unpaired) electrons. The lowest BCUT2D eigenvalue weighted by atomic mass is 10.0. The fourth-order valence-electron chi connectivity index (χ4n) is 4.27. The maximum atomic E-state index is 13.1. The number of likely N-dealkylation sites (tertiary alicyclic amines) is 1. The molecule has 2 aromatic carbocycles. The Morgan fingerprint density at radius 3 is 2.55 bits per heavy atom. The molecule has 1 aromatic heterocycles. The molecule has 1 unspecified atom stereocenters. The van der Waals surface area contributed by atoms with Crippen LogP contribution in [0.25, 0.3) is 0 Å². The molecule has 160 valence electrons. The van der Waals surface area contributed by atoms with Gasteiger partial charge in [0.05, 0.1) is 18.3 Å². The predicted molar refractivity (Wildman–Crippen MR) is 123 cm³/mol. The quantitative estimate of drug-likeness (QED) is 0.455. The third kappa shape index (κ3) is 4.65. The molecule has 3 aromatic rings. The Morgan fingerprint density at radius 1 is 1.03 bits per heavy atom. The zero-order chi connectivity index (χ0) is 21.2. The van der Waals surface area contributed by atoms with Gasteiger partial charge in [0.1, 0.15) is 5.82 Å². The van der Waals surface area contributed by atoms with E-state index in [9.17, 15) is 4.79 Å². The molecule has 1 aliphatic heterocycles. The van der Waals surface area contributed by atoms with Crippen molar-refractivity contribution in [2.24, 2.45) is 0 Å². The third-order valence-corrected chi connectivity index (χ3v) is 7.23. The second-order valence-corrected chi connectivity index (χ2v) is 9.65. The summed E-state index contributed by atoms with van der Waals surface area (Å²) >= 11 is 7.54. The van der Waals surface area contributed by atoms with E-state index in [0.29, 0.717) is 11.7 Å². The molecule has 2 heterocycles. The number of thioether (sulfide) groups is 1. The summed E-state index contributed by atoms with van der Waals surface area (Å²) in [5.74, 6) is 2.10. The summed E-state index contributed by atoms with van der Waals surface area (Å²) in [6.07, 6.45) is 4.37. The minimum Gasteiger partial charge on any atom is -0.335 e. The van der Waals surface area contributed by atoms with Crippen LogP contribution in [0.2, 0.25) is 5.02 Å². The topological polar surface area (TPSA) is 51.0 Å². The van der Waals surface area contributed by atoms with Gasteiger partial charge in [0.15, 0.2) is 5.16 Å². The standard InChI is InChI=1S/C24H25ClN4OS/c25-20-12-10-18(11-13-20)21-7-4-14-28(21)22(30)16-31-24-27-26-23(19-8-9-19)29(24)15-17-5-2-1-3-6-17/h1-3,5-6,10-13,19,21H,4,7-9,14-16H2. The molecule has 0 spiro atoms. The molecule has 1 amide bonds. The van der Waals surface area contributed by atoms with E-state index in [1.807, 2.05) is 35.2 Å². The molecule has 5 rings (SSSR count). The molecule has 0 N–H and O–H groups in total. The maximum Gasteiger partial charge on any atom is 0.233 e. The zero-order valence-corrected chi connectivity index (χ0v) is 18.9. The molecule has 0 bridgehead atoms. The number of hydrogen-bond acceptors (Lipinski definition) is 4. The van der Waals surface area contributed by atoms with Crippen LogP contribution >= 0.6 is 23.4 Å². The average molecular weight is 453 g/mol. The van der Waals surface area contributed by atoms with E-state index in [2.05, 4.69) is 39.0 Å². The minimum atomic E-state index is 0.134. The van der Waals surface area contributed by atoms with Crippen molar-refractivity contribution >= 4 is 29.3 Å². The summed E-state index contributed by atoms with van der Waals surface area (Å²) in [4.78, 5) is 15.1. The zero-order valence-electron chi connectivity index (χ0n) is 17.3. The average Bonchev–Trinajstić information content (AvgIpc) is 3.37. The number of nitrogens with zero attached hydrogens (tertiary/aromatic N) is 4. The Bertz CT molecular complexity index is 1050. The fraction of sp³-hybridized carbons (Fsp3) is 0.375. The first kappa shape index (κ1) is 20.6. The second kappa shape index (κ2) is 9.05. The van der Waals surface area contributed by atoms with Gasteiger partial charge in [0, 0.05) is 17.5 Å². The number of halogens is 1. The number of carbonyl (C=O) groups excluding carboxylic acids is 1. The molecule has 5 nitrogen and oxygen atoms in total. The fourth-order valence-corrected chi connectivity index (χ4v) is 5.23. The van der Waals surface area contributed by atoms with Crippen LogP contribution in [0.4, 0.5) is 0 Å². The summed E-state index contributed by atoms with van der Waals surface area (Å²) < 4.78 is 2.20. The van der Waals surface area contributed by atoms with Gasteiger partial charge in [-0.1, -0.05) is 65.8 Å². The van der Waals surface area contributed by atoms with Crippen LogP contribution in [0.1, 0.15) is 54.6 Å². The van der Waals surface area contributed by atoms with E-state index in [4.69, 9.17) is 11.6 Å². The monoisotopic (exact) mass is 452 g/mol. The maximum absolute atomic E-state index is 13.1. The molecule has 1 atom stereocenters. The van der Waals surface area contributed by atoms with E-state index in [0.717, 1.165) is 47.5 Å². The highest BCUT2D eigenvalue weighted by molar-refractivity contribution is 7.99. The minimum absolute atomic E-state index is 0.134. The van der Waals surface area contributed by atoms with Gasteiger partial charge in [-0.3, -0.25) is 4.79 Å². The molecule has 1 aliphatic carbocycles. The summed E-state index contributed by atoms with van der Waals surface area (Å²) in [7, 11) is 0. The molecule has 7 heteroatoms. The summed E-state index contributed by atoms with van der Waals surface area (Å²) in [5, 5.41) is 10.5. The van der Waals surface area contributed by atoms with E-state index < -0.39 is 0 Å². The lowest BCUT2D eigenvalue weighted by Crippen LogP contribution is -2.32. The van der Waals surface area contributed by atoms with Crippen molar-refractivity contribution in [3.63, 3.8) is 0 Å². The van der Waals surface area contributed by atoms with Gasteiger partial charge in [-0.2, -0.15) is 0 Å². The molecule has 2 fully saturated rings. The summed E-state index contributed by atoms with van der Waals surface area (Å²) in [6, 6.07) is 18.4. The van der Waals surface area contributed by atoms with E-state index in [-0.39, 0.29) is 11.9 Å². The number of benzene rings is 2. The third-order valence-electron chi connectivity index (χ3n) is 6.02. The van der Waals surface area contributed by atoms with Crippen molar-refractivity contribution in [1.82, 2.24) is 19.7 Å². The summed E-state index contributed by atoms with van der Waals surface area (Å²) in [6.45, 7) is 1.55. The highest BCUT2D eigenvalue weighted by Gasteiger charge is 2.32. The lowest BCUT2D eigenvalue weighted by Gasteiger charge is -2.25. The van der Waals surface area contributed by atoms with Gasteiger partial charge in [-0.05, 0) is 48.9 Å². The number of hydrogen-bond donors (Lipinski definition) is 0. The van der Waals surface area contributed by atoms with Crippen LogP contribution in [-0.2, 0) is 11.3 Å². The van der Waals surface area contributed by atoms with Gasteiger partial charge in [-0.15, -0.1) is 10.2 Å². The second-order valence-electron chi connectivity index (χ2n) is 8.27. The highest BCUT2D eigenvalue weighted by atomic mass is 35.5. The molecular formula is C24H25ClN4OS. The van der Waals surface area contributed by atoms with Gasteiger partial charge in [0.2, 0.25) is 5.91 Å². The predicted octanol–water partition coefficient (Wildman–Crippen LogP) is 5.31. The van der Waals surface area contributed by atoms with E-state index >= 15 is 0 Å². The Hall–Kier alpha value is -2.31. The first-order valence-corrected chi connectivity index (χ1v) is 12.2. The van der Waals surface area contributed by atoms with Crippen LogP contribution in [-0.4, -0.2) is 37.9 Å². The van der Waals surface area contributed by atoms with Crippen LogP contribution < -0.4 is 0 Å². The summed E-state index contributed by atoms with van der Waals surface area (Å²) in [5.41, 5.74) is 2.38. The number of aromatic nitrogens is 3. The van der Waals surface area contributed by atoms with Gasteiger partial charge in [0.25, 0.3) is 0 Å². The largest absolute Gasteiger partial charge is 0.335 e. The molecule has 31 heavy (non-hydrogen) atoms. The van der Waals surface area contributed by atoms with Gasteiger partial charge >= 0.3 is 0 Å². The van der Waals surface area contributed by atoms with Crippen molar-refractivity contribution in [3.05, 3.63) is 76.6 Å². The Balaban J connectivity index is 1.29. The number of amides is 1.